The minimum absolute atomic E-state index is 0.205. The standard InChI is InChI=1S/C16H30N2O3/c1-4-7-14(15(19)20)17-16(21)18(11-10-12(2)3)13-8-5-6-9-13/h12-14H,4-11H2,1-3H3,(H,17,21)(H,19,20). The Morgan fingerprint density at radius 2 is 1.86 bits per heavy atom. The van der Waals surface area contributed by atoms with E-state index in [-0.39, 0.29) is 12.1 Å². The lowest BCUT2D eigenvalue weighted by Crippen LogP contribution is -2.51. The molecule has 0 aliphatic heterocycles. The summed E-state index contributed by atoms with van der Waals surface area (Å²) < 4.78 is 0. The molecule has 1 saturated carbocycles. The Morgan fingerprint density at radius 1 is 1.24 bits per heavy atom. The summed E-state index contributed by atoms with van der Waals surface area (Å²) in [6.07, 6.45) is 6.57. The van der Waals surface area contributed by atoms with E-state index in [4.69, 9.17) is 0 Å². The van der Waals surface area contributed by atoms with Gasteiger partial charge in [0, 0.05) is 12.6 Å². The molecule has 5 heteroatoms. The summed E-state index contributed by atoms with van der Waals surface area (Å²) in [5, 5.41) is 11.9. The fourth-order valence-electron chi connectivity index (χ4n) is 2.84. The lowest BCUT2D eigenvalue weighted by Gasteiger charge is -2.31. The van der Waals surface area contributed by atoms with Crippen LogP contribution in [-0.4, -0.2) is 40.6 Å². The number of hydrogen-bond donors (Lipinski definition) is 2. The summed E-state index contributed by atoms with van der Waals surface area (Å²) in [4.78, 5) is 25.6. The van der Waals surface area contributed by atoms with Crippen LogP contribution >= 0.6 is 0 Å². The van der Waals surface area contributed by atoms with Crippen LogP contribution in [0, 0.1) is 5.92 Å². The second-order valence-electron chi connectivity index (χ2n) is 6.44. The summed E-state index contributed by atoms with van der Waals surface area (Å²) in [6, 6.07) is -0.700. The highest BCUT2D eigenvalue weighted by Gasteiger charge is 2.29. The van der Waals surface area contributed by atoms with E-state index in [2.05, 4.69) is 19.2 Å². The normalized spacial score (nSPS) is 17.0. The molecule has 0 aromatic rings. The smallest absolute Gasteiger partial charge is 0.326 e. The lowest BCUT2D eigenvalue weighted by atomic mass is 10.1. The van der Waals surface area contributed by atoms with Gasteiger partial charge in [-0.3, -0.25) is 0 Å². The first-order valence-corrected chi connectivity index (χ1v) is 8.25. The minimum atomic E-state index is -0.944. The molecule has 2 N–H and O–H groups in total. The summed E-state index contributed by atoms with van der Waals surface area (Å²) in [6.45, 7) is 6.92. The van der Waals surface area contributed by atoms with Crippen molar-refractivity contribution < 1.29 is 14.7 Å². The monoisotopic (exact) mass is 298 g/mol. The number of carboxylic acid groups (broad SMARTS) is 1. The number of carbonyl (C=O) groups excluding carboxylic acids is 1. The molecule has 2 amide bonds. The van der Waals surface area contributed by atoms with Crippen LogP contribution in [0.5, 0.6) is 0 Å². The van der Waals surface area contributed by atoms with E-state index in [1.807, 2.05) is 11.8 Å². The molecular weight excluding hydrogens is 268 g/mol. The van der Waals surface area contributed by atoms with E-state index in [1.165, 1.54) is 0 Å². The van der Waals surface area contributed by atoms with E-state index in [9.17, 15) is 14.7 Å². The molecular formula is C16H30N2O3. The first kappa shape index (κ1) is 17.8. The largest absolute Gasteiger partial charge is 0.480 e. The zero-order valence-corrected chi connectivity index (χ0v) is 13.6. The van der Waals surface area contributed by atoms with Gasteiger partial charge in [-0.2, -0.15) is 0 Å². The lowest BCUT2D eigenvalue weighted by molar-refractivity contribution is -0.139. The van der Waals surface area contributed by atoms with Gasteiger partial charge >= 0.3 is 12.0 Å². The van der Waals surface area contributed by atoms with Gasteiger partial charge < -0.3 is 15.3 Å². The molecule has 0 aromatic heterocycles. The third-order valence-electron chi connectivity index (χ3n) is 4.15. The Bertz CT molecular complexity index is 338. The number of hydrogen-bond acceptors (Lipinski definition) is 2. The number of aliphatic carboxylic acids is 1. The van der Waals surface area contributed by atoms with Gasteiger partial charge in [0.1, 0.15) is 6.04 Å². The van der Waals surface area contributed by atoms with Crippen molar-refractivity contribution in [3.63, 3.8) is 0 Å². The topological polar surface area (TPSA) is 69.6 Å². The SMILES string of the molecule is CCCC(NC(=O)N(CCC(C)C)C1CCCC1)C(=O)O. The fourth-order valence-corrected chi connectivity index (χ4v) is 2.84. The van der Waals surface area contributed by atoms with Crippen LogP contribution in [0.1, 0.15) is 65.7 Å². The minimum Gasteiger partial charge on any atom is -0.480 e. The molecule has 0 aromatic carbocycles. The van der Waals surface area contributed by atoms with Gasteiger partial charge in [-0.15, -0.1) is 0 Å². The Kier molecular flexibility index (Phi) is 7.54. The molecule has 21 heavy (non-hydrogen) atoms. The van der Waals surface area contributed by atoms with Crippen LogP contribution in [0.4, 0.5) is 4.79 Å². The van der Waals surface area contributed by atoms with Gasteiger partial charge in [-0.25, -0.2) is 9.59 Å². The Labute approximate surface area is 128 Å². The second-order valence-corrected chi connectivity index (χ2v) is 6.44. The van der Waals surface area contributed by atoms with Gasteiger partial charge in [0.05, 0.1) is 0 Å². The van der Waals surface area contributed by atoms with Crippen LogP contribution in [0.3, 0.4) is 0 Å². The van der Waals surface area contributed by atoms with Gasteiger partial charge in [-0.05, 0) is 31.6 Å². The van der Waals surface area contributed by atoms with Gasteiger partial charge in [-0.1, -0.05) is 40.0 Å². The van der Waals surface area contributed by atoms with Crippen LogP contribution in [0.2, 0.25) is 0 Å². The van der Waals surface area contributed by atoms with Gasteiger partial charge in [0.2, 0.25) is 0 Å². The molecule has 0 spiro atoms. The number of nitrogens with zero attached hydrogens (tertiary/aromatic N) is 1. The first-order valence-electron chi connectivity index (χ1n) is 8.25. The predicted octanol–water partition coefficient (Wildman–Crippen LogP) is 3.24. The van der Waals surface area contributed by atoms with Crippen molar-refractivity contribution in [3.8, 4) is 0 Å². The molecule has 122 valence electrons. The number of urea groups is 1. The summed E-state index contributed by atoms with van der Waals surface area (Å²) in [5.74, 6) is -0.409. The van der Waals surface area contributed by atoms with Crippen molar-refractivity contribution in [1.29, 1.82) is 0 Å². The van der Waals surface area contributed by atoms with Crippen molar-refractivity contribution in [1.82, 2.24) is 10.2 Å². The van der Waals surface area contributed by atoms with Gasteiger partial charge in [0.25, 0.3) is 0 Å². The number of nitrogens with one attached hydrogen (secondary N) is 1. The van der Waals surface area contributed by atoms with Crippen LogP contribution < -0.4 is 5.32 Å². The molecule has 1 unspecified atom stereocenters. The molecule has 0 radical (unpaired) electrons. The first-order chi connectivity index (χ1) is 9.95. The van der Waals surface area contributed by atoms with Crippen molar-refractivity contribution in [2.75, 3.05) is 6.54 Å². The summed E-state index contributed by atoms with van der Waals surface area (Å²) in [5.41, 5.74) is 0. The highest BCUT2D eigenvalue weighted by Crippen LogP contribution is 2.24. The molecule has 1 atom stereocenters. The fraction of sp³-hybridized carbons (Fsp3) is 0.875. The summed E-state index contributed by atoms with van der Waals surface area (Å²) in [7, 11) is 0. The predicted molar refractivity (Wildman–Crippen MR) is 83.3 cm³/mol. The van der Waals surface area contributed by atoms with Crippen molar-refractivity contribution in [2.24, 2.45) is 5.92 Å². The van der Waals surface area contributed by atoms with E-state index in [1.54, 1.807) is 0 Å². The van der Waals surface area contributed by atoms with E-state index in [0.29, 0.717) is 18.9 Å². The molecule has 1 aliphatic carbocycles. The second kappa shape index (κ2) is 8.90. The number of amides is 2. The average Bonchev–Trinajstić information content (AvgIpc) is 2.91. The maximum atomic E-state index is 12.5. The van der Waals surface area contributed by atoms with Crippen LogP contribution in [-0.2, 0) is 4.79 Å². The molecule has 1 fully saturated rings. The van der Waals surface area contributed by atoms with Crippen LogP contribution in [0.25, 0.3) is 0 Å². The Hall–Kier alpha value is -1.26. The Balaban J connectivity index is 2.66. The molecule has 5 nitrogen and oxygen atoms in total. The molecule has 1 rings (SSSR count). The maximum Gasteiger partial charge on any atom is 0.326 e. The van der Waals surface area contributed by atoms with Gasteiger partial charge in [0.15, 0.2) is 0 Å². The zero-order chi connectivity index (χ0) is 15.8. The van der Waals surface area contributed by atoms with Crippen molar-refractivity contribution in [3.05, 3.63) is 0 Å². The molecule has 0 heterocycles. The highest BCUT2D eigenvalue weighted by atomic mass is 16.4. The summed E-state index contributed by atoms with van der Waals surface area (Å²) >= 11 is 0. The highest BCUT2D eigenvalue weighted by molar-refractivity contribution is 5.82. The number of carboxylic acids is 1. The van der Waals surface area contributed by atoms with E-state index >= 15 is 0 Å². The number of carbonyl (C=O) groups is 2. The number of rotatable bonds is 8. The average molecular weight is 298 g/mol. The molecule has 1 aliphatic rings. The van der Waals surface area contributed by atoms with E-state index in [0.717, 1.165) is 38.5 Å². The van der Waals surface area contributed by atoms with Crippen molar-refractivity contribution >= 4 is 12.0 Å². The van der Waals surface area contributed by atoms with Crippen molar-refractivity contribution in [2.45, 2.75) is 77.8 Å². The zero-order valence-electron chi connectivity index (χ0n) is 13.6. The third kappa shape index (κ3) is 5.94. The van der Waals surface area contributed by atoms with Crippen LogP contribution in [0.15, 0.2) is 0 Å². The Morgan fingerprint density at radius 3 is 2.33 bits per heavy atom. The van der Waals surface area contributed by atoms with E-state index < -0.39 is 12.0 Å². The quantitative estimate of drug-likeness (QED) is 0.722. The molecule has 0 saturated heterocycles. The maximum absolute atomic E-state index is 12.5. The third-order valence-corrected chi connectivity index (χ3v) is 4.15. The molecule has 0 bridgehead atoms.